The molecule has 2 nitrogen and oxygen atoms in total. The molecule has 0 N–H and O–H groups in total. The largest absolute Gasteiger partial charge is 0.382 e. The van der Waals surface area contributed by atoms with Crippen molar-refractivity contribution in [3.8, 4) is 0 Å². The molecule has 0 fully saturated rings. The van der Waals surface area contributed by atoms with Crippen LogP contribution in [0.1, 0.15) is 27.2 Å². The maximum atomic E-state index is 5.17. The highest BCUT2D eigenvalue weighted by Crippen LogP contribution is 1.87. The van der Waals surface area contributed by atoms with Crippen molar-refractivity contribution >= 4 is 6.21 Å². The SMILES string of the molecule is CCOCCCN=CC(C)C. The first kappa shape index (κ1) is 10.6. The number of nitrogens with zero attached hydrogens (tertiary/aromatic N) is 1. The molecule has 0 heterocycles. The van der Waals surface area contributed by atoms with Crippen LogP contribution < -0.4 is 0 Å². The quantitative estimate of drug-likeness (QED) is 0.427. The molecule has 0 rings (SSSR count). The maximum Gasteiger partial charge on any atom is 0.0483 e. The number of hydrogen-bond acceptors (Lipinski definition) is 2. The van der Waals surface area contributed by atoms with Gasteiger partial charge in [0.15, 0.2) is 0 Å². The topological polar surface area (TPSA) is 21.6 Å². The Morgan fingerprint density at radius 2 is 2.18 bits per heavy atom. The van der Waals surface area contributed by atoms with Crippen LogP contribution in [0.3, 0.4) is 0 Å². The summed E-state index contributed by atoms with van der Waals surface area (Å²) in [6, 6.07) is 0. The van der Waals surface area contributed by atoms with Crippen LogP contribution in [0.2, 0.25) is 0 Å². The van der Waals surface area contributed by atoms with Gasteiger partial charge in [-0.2, -0.15) is 0 Å². The zero-order valence-electron chi connectivity index (χ0n) is 7.84. The van der Waals surface area contributed by atoms with Crippen LogP contribution in [0.4, 0.5) is 0 Å². The highest BCUT2D eigenvalue weighted by Gasteiger charge is 1.85. The zero-order chi connectivity index (χ0) is 8.53. The lowest BCUT2D eigenvalue weighted by Gasteiger charge is -1.97. The van der Waals surface area contributed by atoms with Crippen LogP contribution >= 0.6 is 0 Å². The Bertz CT molecular complexity index is 99.7. The first-order valence-electron chi connectivity index (χ1n) is 4.35. The molecule has 0 unspecified atom stereocenters. The van der Waals surface area contributed by atoms with E-state index in [0.717, 1.165) is 26.2 Å². The summed E-state index contributed by atoms with van der Waals surface area (Å²) in [5, 5.41) is 0. The first-order valence-corrected chi connectivity index (χ1v) is 4.35. The van der Waals surface area contributed by atoms with E-state index in [9.17, 15) is 0 Å². The lowest BCUT2D eigenvalue weighted by molar-refractivity contribution is 0.146. The summed E-state index contributed by atoms with van der Waals surface area (Å²) in [5.41, 5.74) is 0. The molecule has 0 radical (unpaired) electrons. The molecule has 0 saturated heterocycles. The van der Waals surface area contributed by atoms with E-state index in [4.69, 9.17) is 4.74 Å². The molecular formula is C9H19NO. The summed E-state index contributed by atoms with van der Waals surface area (Å²) in [6.07, 6.45) is 3.03. The van der Waals surface area contributed by atoms with Crippen molar-refractivity contribution in [2.24, 2.45) is 10.9 Å². The highest BCUT2D eigenvalue weighted by molar-refractivity contribution is 5.59. The van der Waals surface area contributed by atoms with Crippen molar-refractivity contribution in [2.45, 2.75) is 27.2 Å². The van der Waals surface area contributed by atoms with Crippen molar-refractivity contribution in [2.75, 3.05) is 19.8 Å². The number of hydrogen-bond donors (Lipinski definition) is 0. The van der Waals surface area contributed by atoms with Crippen molar-refractivity contribution < 1.29 is 4.74 Å². The highest BCUT2D eigenvalue weighted by atomic mass is 16.5. The smallest absolute Gasteiger partial charge is 0.0483 e. The molecule has 0 atom stereocenters. The molecule has 0 aromatic rings. The molecule has 0 bridgehead atoms. The fraction of sp³-hybridized carbons (Fsp3) is 0.889. The maximum absolute atomic E-state index is 5.17. The van der Waals surface area contributed by atoms with Crippen molar-refractivity contribution in [3.63, 3.8) is 0 Å². The van der Waals surface area contributed by atoms with Crippen LogP contribution in [-0.2, 0) is 4.74 Å². The van der Waals surface area contributed by atoms with E-state index in [1.807, 2.05) is 13.1 Å². The number of rotatable bonds is 6. The fourth-order valence-electron chi connectivity index (χ4n) is 0.688. The van der Waals surface area contributed by atoms with Crippen LogP contribution in [0.25, 0.3) is 0 Å². The zero-order valence-corrected chi connectivity index (χ0v) is 7.84. The normalized spacial score (nSPS) is 11.6. The van der Waals surface area contributed by atoms with Crippen LogP contribution in [0.5, 0.6) is 0 Å². The van der Waals surface area contributed by atoms with E-state index in [2.05, 4.69) is 18.8 Å². The second-order valence-electron chi connectivity index (χ2n) is 2.85. The molecule has 0 saturated carbocycles. The third kappa shape index (κ3) is 9.63. The average Bonchev–Trinajstić information content (AvgIpc) is 1.96. The minimum Gasteiger partial charge on any atom is -0.382 e. The molecule has 0 aliphatic carbocycles. The summed E-state index contributed by atoms with van der Waals surface area (Å²) >= 11 is 0. The molecule has 0 aliphatic rings. The summed E-state index contributed by atoms with van der Waals surface area (Å²) < 4.78 is 5.17. The standard InChI is InChI=1S/C9H19NO/c1-4-11-7-5-6-10-8-9(2)3/h8-9H,4-7H2,1-3H3. The van der Waals surface area contributed by atoms with E-state index in [0.29, 0.717) is 5.92 Å². The van der Waals surface area contributed by atoms with Gasteiger partial charge in [0.25, 0.3) is 0 Å². The summed E-state index contributed by atoms with van der Waals surface area (Å²) in [6.45, 7) is 8.83. The monoisotopic (exact) mass is 157 g/mol. The Kier molecular flexibility index (Phi) is 7.47. The number of ether oxygens (including phenoxy) is 1. The van der Waals surface area contributed by atoms with E-state index < -0.39 is 0 Å². The molecular weight excluding hydrogens is 138 g/mol. The van der Waals surface area contributed by atoms with Gasteiger partial charge in [-0.3, -0.25) is 4.99 Å². The minimum absolute atomic E-state index is 0.571. The molecule has 0 aliphatic heterocycles. The average molecular weight is 157 g/mol. The minimum atomic E-state index is 0.571. The first-order chi connectivity index (χ1) is 5.27. The Morgan fingerprint density at radius 1 is 1.45 bits per heavy atom. The summed E-state index contributed by atoms with van der Waals surface area (Å²) in [7, 11) is 0. The number of aliphatic imine (C=N–C) groups is 1. The molecule has 0 aromatic carbocycles. The third-order valence-electron chi connectivity index (χ3n) is 1.18. The van der Waals surface area contributed by atoms with Crippen LogP contribution in [-0.4, -0.2) is 26.0 Å². The molecule has 2 heteroatoms. The molecule has 0 aromatic heterocycles. The molecule has 0 amide bonds. The van der Waals surface area contributed by atoms with Crippen molar-refractivity contribution in [3.05, 3.63) is 0 Å². The van der Waals surface area contributed by atoms with Gasteiger partial charge in [0.2, 0.25) is 0 Å². The van der Waals surface area contributed by atoms with E-state index >= 15 is 0 Å². The Hall–Kier alpha value is -0.370. The predicted octanol–water partition coefficient (Wildman–Crippen LogP) is 2.14. The van der Waals surface area contributed by atoms with Crippen LogP contribution in [0, 0.1) is 5.92 Å². The van der Waals surface area contributed by atoms with Gasteiger partial charge < -0.3 is 4.74 Å². The molecule has 0 spiro atoms. The second kappa shape index (κ2) is 7.73. The van der Waals surface area contributed by atoms with Crippen LogP contribution in [0.15, 0.2) is 4.99 Å². The van der Waals surface area contributed by atoms with E-state index in [1.54, 1.807) is 0 Å². The van der Waals surface area contributed by atoms with Gasteiger partial charge in [-0.15, -0.1) is 0 Å². The van der Waals surface area contributed by atoms with Gasteiger partial charge >= 0.3 is 0 Å². The second-order valence-corrected chi connectivity index (χ2v) is 2.85. The third-order valence-corrected chi connectivity index (χ3v) is 1.18. The van der Waals surface area contributed by atoms with E-state index in [-0.39, 0.29) is 0 Å². The molecule has 66 valence electrons. The van der Waals surface area contributed by atoms with Crippen molar-refractivity contribution in [1.82, 2.24) is 0 Å². The van der Waals surface area contributed by atoms with Gasteiger partial charge in [-0.05, 0) is 19.3 Å². The Balaban J connectivity index is 3.01. The van der Waals surface area contributed by atoms with Gasteiger partial charge in [0, 0.05) is 26.0 Å². The van der Waals surface area contributed by atoms with Gasteiger partial charge in [0.1, 0.15) is 0 Å². The lowest BCUT2D eigenvalue weighted by atomic mass is 10.2. The van der Waals surface area contributed by atoms with Gasteiger partial charge in [0.05, 0.1) is 0 Å². The Morgan fingerprint density at radius 3 is 2.73 bits per heavy atom. The predicted molar refractivity (Wildman–Crippen MR) is 49.3 cm³/mol. The van der Waals surface area contributed by atoms with Gasteiger partial charge in [-0.1, -0.05) is 13.8 Å². The van der Waals surface area contributed by atoms with E-state index in [1.165, 1.54) is 0 Å². The van der Waals surface area contributed by atoms with Gasteiger partial charge in [-0.25, -0.2) is 0 Å². The summed E-state index contributed by atoms with van der Waals surface area (Å²) in [5.74, 6) is 0.571. The molecule has 11 heavy (non-hydrogen) atoms. The fourth-order valence-corrected chi connectivity index (χ4v) is 0.688. The summed E-state index contributed by atoms with van der Waals surface area (Å²) in [4.78, 5) is 4.24. The Labute approximate surface area is 69.7 Å². The van der Waals surface area contributed by atoms with Crippen molar-refractivity contribution in [1.29, 1.82) is 0 Å². The lowest BCUT2D eigenvalue weighted by Crippen LogP contribution is -1.96.